The Kier molecular flexibility index (Phi) is 105. The predicted molar refractivity (Wildman–Crippen MR) is 514 cm³/mol. The SMILES string of the molecule is CCCCC/C=C\CCC(CC/C=C\CCCCC)C(CC/C=C\CCCCC)OC(=O)CCCCBr.CCCCC/C=C\CCC(CC/C=C\CCCCC)C(CC/C=C\CCCCC)OC(=O)CCCCN(C)C.CCCCC/C=C\CCC(O)C(CC/C=C\CCCCC)CC/C=C\CCCCC.O=C(O)CCCCBr. The van der Waals surface area contributed by atoms with Crippen molar-refractivity contribution >= 4 is 49.8 Å². The number of halogens is 2. The third-order valence-corrected chi connectivity index (χ3v) is 22.4. The largest absolute Gasteiger partial charge is 0.481 e. The van der Waals surface area contributed by atoms with Crippen molar-refractivity contribution in [2.45, 2.75) is 485 Å². The molecule has 0 aromatic carbocycles. The zero-order valence-electron chi connectivity index (χ0n) is 77.2. The van der Waals surface area contributed by atoms with Gasteiger partial charge in [0.25, 0.3) is 0 Å². The first-order valence-corrected chi connectivity index (χ1v) is 50.9. The number of unbranched alkanes of at least 4 members (excludes halogenated alkanes) is 30. The Hall–Kier alpha value is -3.05. The van der Waals surface area contributed by atoms with Crippen molar-refractivity contribution in [2.75, 3.05) is 31.3 Å². The van der Waals surface area contributed by atoms with Gasteiger partial charge in [-0.1, -0.05) is 319 Å². The van der Waals surface area contributed by atoms with Crippen LogP contribution in [-0.2, 0) is 23.9 Å². The maximum absolute atomic E-state index is 12.9. The van der Waals surface area contributed by atoms with Crippen LogP contribution in [0, 0.1) is 17.8 Å². The van der Waals surface area contributed by atoms with Gasteiger partial charge in [0.15, 0.2) is 0 Å². The van der Waals surface area contributed by atoms with Crippen LogP contribution in [0.3, 0.4) is 0 Å². The van der Waals surface area contributed by atoms with E-state index in [0.717, 1.165) is 171 Å². The molecule has 0 saturated carbocycles. The van der Waals surface area contributed by atoms with Gasteiger partial charge in [-0.05, 0) is 308 Å². The van der Waals surface area contributed by atoms with E-state index in [1.807, 2.05) is 0 Å². The molecular weight excluding hydrogens is 1530 g/mol. The molecule has 8 nitrogen and oxygen atoms in total. The minimum absolute atomic E-state index is 0.000830. The molecule has 2 N–H and O–H groups in total. The number of rotatable bonds is 81. The number of ether oxygens (including phenoxy) is 2. The van der Waals surface area contributed by atoms with Gasteiger partial charge in [0, 0.05) is 29.9 Å². The van der Waals surface area contributed by atoms with Gasteiger partial charge in [-0.3, -0.25) is 14.4 Å². The fourth-order valence-corrected chi connectivity index (χ4v) is 14.6. The zero-order chi connectivity index (χ0) is 84.6. The lowest BCUT2D eigenvalue weighted by Gasteiger charge is -2.27. The normalized spacial score (nSPS) is 12.9. The minimum Gasteiger partial charge on any atom is -0.481 e. The summed E-state index contributed by atoms with van der Waals surface area (Å²) in [6.07, 6.45) is 114. The van der Waals surface area contributed by atoms with E-state index >= 15 is 0 Å². The number of alkyl halides is 2. The van der Waals surface area contributed by atoms with Crippen LogP contribution >= 0.6 is 31.9 Å². The number of carboxylic acid groups (broad SMARTS) is 1. The number of carbonyl (C=O) groups is 3. The molecule has 3 unspecified atom stereocenters. The minimum atomic E-state index is -0.703. The molecule has 0 spiro atoms. The molecule has 114 heavy (non-hydrogen) atoms. The van der Waals surface area contributed by atoms with Gasteiger partial charge in [-0.2, -0.15) is 0 Å². The number of carboxylic acids is 1. The number of aliphatic hydroxyl groups excluding tert-OH is 1. The summed E-state index contributed by atoms with van der Waals surface area (Å²) in [6, 6.07) is 0. The molecule has 10 heteroatoms. The van der Waals surface area contributed by atoms with Gasteiger partial charge in [0.1, 0.15) is 12.2 Å². The summed E-state index contributed by atoms with van der Waals surface area (Å²) >= 11 is 6.68. The van der Waals surface area contributed by atoms with Gasteiger partial charge in [-0.15, -0.1) is 0 Å². The Morgan fingerprint density at radius 3 is 0.711 bits per heavy atom. The van der Waals surface area contributed by atoms with E-state index in [0.29, 0.717) is 37.0 Å². The third kappa shape index (κ3) is 96.1. The Balaban J connectivity index is -0.000000762. The highest BCUT2D eigenvalue weighted by molar-refractivity contribution is 9.09. The number of hydrogen-bond acceptors (Lipinski definition) is 7. The van der Waals surface area contributed by atoms with E-state index in [2.05, 4.69) is 223 Å². The molecule has 0 aliphatic rings. The Labute approximate surface area is 727 Å². The van der Waals surface area contributed by atoms with E-state index in [1.54, 1.807) is 0 Å². The monoisotopic (exact) mass is 1720 g/mol. The van der Waals surface area contributed by atoms with Crippen molar-refractivity contribution in [3.63, 3.8) is 0 Å². The van der Waals surface area contributed by atoms with Crippen LogP contribution in [0.1, 0.15) is 467 Å². The summed E-state index contributed by atoms with van der Waals surface area (Å²) in [5, 5.41) is 20.8. The van der Waals surface area contributed by atoms with Crippen LogP contribution in [0.4, 0.5) is 0 Å². The zero-order valence-corrected chi connectivity index (χ0v) is 80.3. The summed E-state index contributed by atoms with van der Waals surface area (Å²) in [5.41, 5.74) is 0. The van der Waals surface area contributed by atoms with Crippen LogP contribution in [0.5, 0.6) is 0 Å². The van der Waals surface area contributed by atoms with Crippen molar-refractivity contribution in [3.8, 4) is 0 Å². The average molecular weight is 1730 g/mol. The summed E-state index contributed by atoms with van der Waals surface area (Å²) < 4.78 is 12.4. The maximum atomic E-state index is 12.9. The number of carbonyl (C=O) groups excluding carboxylic acids is 2. The van der Waals surface area contributed by atoms with Crippen LogP contribution in [0.2, 0.25) is 0 Å². The average Bonchev–Trinajstić information content (AvgIpc) is 1.11. The highest BCUT2D eigenvalue weighted by atomic mass is 79.9. The fraction of sp³-hybridized carbons (Fsp3) is 0.798. The van der Waals surface area contributed by atoms with E-state index in [-0.39, 0.29) is 30.3 Å². The summed E-state index contributed by atoms with van der Waals surface area (Å²) in [4.78, 5) is 37.6. The van der Waals surface area contributed by atoms with Gasteiger partial charge in [0.2, 0.25) is 0 Å². The molecule has 0 bridgehead atoms. The lowest BCUT2D eigenvalue weighted by molar-refractivity contribution is -0.153. The number of aliphatic hydroxyl groups is 1. The Bertz CT molecular complexity index is 2140. The van der Waals surface area contributed by atoms with E-state index < -0.39 is 5.97 Å². The first-order chi connectivity index (χ1) is 55.8. The molecule has 0 aliphatic heterocycles. The lowest BCUT2D eigenvalue weighted by atomic mass is 9.88. The first kappa shape index (κ1) is 117. The van der Waals surface area contributed by atoms with Crippen molar-refractivity contribution in [2.24, 2.45) is 17.8 Å². The molecule has 0 aliphatic carbocycles. The highest BCUT2D eigenvalue weighted by Crippen LogP contribution is 2.29. The van der Waals surface area contributed by atoms with Crippen LogP contribution in [0.25, 0.3) is 0 Å². The van der Waals surface area contributed by atoms with Crippen molar-refractivity contribution in [1.29, 1.82) is 0 Å². The van der Waals surface area contributed by atoms with Crippen LogP contribution in [0.15, 0.2) is 109 Å². The molecule has 0 heterocycles. The van der Waals surface area contributed by atoms with Gasteiger partial charge in [0.05, 0.1) is 6.10 Å². The Morgan fingerprint density at radius 1 is 0.272 bits per heavy atom. The molecule has 0 rings (SSSR count). The van der Waals surface area contributed by atoms with Crippen LogP contribution < -0.4 is 0 Å². The molecule has 3 atom stereocenters. The number of hydrogen-bond donors (Lipinski definition) is 2. The highest BCUT2D eigenvalue weighted by Gasteiger charge is 2.26. The van der Waals surface area contributed by atoms with Crippen molar-refractivity contribution in [3.05, 3.63) is 109 Å². The van der Waals surface area contributed by atoms with E-state index in [4.69, 9.17) is 14.6 Å². The van der Waals surface area contributed by atoms with Crippen LogP contribution in [-0.4, -0.2) is 82.6 Å². The molecule has 0 radical (unpaired) electrons. The fourth-order valence-electron chi connectivity index (χ4n) is 13.8. The summed E-state index contributed by atoms with van der Waals surface area (Å²) in [7, 11) is 4.18. The molecule has 0 fully saturated rings. The maximum Gasteiger partial charge on any atom is 0.306 e. The molecule has 0 aromatic rings. The molecule has 0 aromatic heterocycles. The molecule has 0 saturated heterocycles. The molecule has 0 amide bonds. The number of esters is 2. The van der Waals surface area contributed by atoms with Gasteiger partial charge < -0.3 is 24.6 Å². The summed E-state index contributed by atoms with van der Waals surface area (Å²) in [6.45, 7) is 21.3. The Morgan fingerprint density at radius 2 is 0.482 bits per heavy atom. The second kappa shape index (κ2) is 102. The lowest BCUT2D eigenvalue weighted by Crippen LogP contribution is -2.27. The summed E-state index contributed by atoms with van der Waals surface area (Å²) in [5.74, 6) is 0.568. The van der Waals surface area contributed by atoms with Crippen molar-refractivity contribution < 1.29 is 34.1 Å². The van der Waals surface area contributed by atoms with Gasteiger partial charge in [-0.25, -0.2) is 0 Å². The standard InChI is InChI=1S/C36H67NO2.C34H61BrO2.C29H54O.C5H9BrO2/c1-6-9-12-15-18-21-24-29-34(30-25-22-19-16-13-10-7-2)35(31-26-23-20-17-14-11-8-3)39-36(38)32-27-28-33-37(4)5;1-4-7-10-13-16-19-22-27-32(28-23-20-17-14-11-8-5-2)33(37-34(36)30-25-26-31-35)29-24-21-18-15-12-9-6-3;1-4-7-10-13-16-19-22-25-28(26-23-20-17-14-11-8-5-2)29(30)27-24-21-18-15-12-9-6-3;6-4-2-1-3-5(7)8/h18-23,34-35H,6-17,24-33H2,1-5H3;16-21,32-33H,4-15,22-31H2,1-3H3;16-21,28-30H,4-15,22-27H2,1-3H3;1-4H2,(H,7,8)/b21-18-,22-19-,23-20-;2*19-16-,20-17-,21-18-;. The topological polar surface area (TPSA) is 113 Å². The van der Waals surface area contributed by atoms with E-state index in [9.17, 15) is 19.5 Å². The van der Waals surface area contributed by atoms with Crippen molar-refractivity contribution in [1.82, 2.24) is 4.90 Å². The predicted octanol–water partition coefficient (Wildman–Crippen LogP) is 34.2. The number of nitrogens with zero attached hydrogens (tertiary/aromatic N) is 1. The quantitative estimate of drug-likeness (QED) is 0.0268. The molecule has 668 valence electrons. The number of allylic oxidation sites excluding steroid dienone is 18. The second-order valence-corrected chi connectivity index (χ2v) is 34.3. The molecular formula is C104H191Br2NO7. The number of aliphatic carboxylic acids is 1. The van der Waals surface area contributed by atoms with Gasteiger partial charge >= 0.3 is 17.9 Å². The first-order valence-electron chi connectivity index (χ1n) is 48.7. The van der Waals surface area contributed by atoms with E-state index in [1.165, 1.54) is 231 Å². The smallest absolute Gasteiger partial charge is 0.306 e. The second-order valence-electron chi connectivity index (χ2n) is 32.8. The third-order valence-electron chi connectivity index (χ3n) is 21.3.